The van der Waals surface area contributed by atoms with Crippen LogP contribution in [0.2, 0.25) is 0 Å². The molecule has 0 atom stereocenters. The van der Waals surface area contributed by atoms with Crippen LogP contribution in [0, 0.1) is 20.8 Å². The molecule has 4 aromatic rings. The maximum absolute atomic E-state index is 12.4. The van der Waals surface area contributed by atoms with Crippen LogP contribution in [0.1, 0.15) is 16.7 Å². The molecule has 0 bridgehead atoms. The van der Waals surface area contributed by atoms with Gasteiger partial charge in [0.2, 0.25) is 0 Å². The van der Waals surface area contributed by atoms with Crippen molar-refractivity contribution in [1.82, 2.24) is 0 Å². The van der Waals surface area contributed by atoms with E-state index in [0.29, 0.717) is 38.8 Å². The molecule has 1 heterocycles. The first-order valence-corrected chi connectivity index (χ1v) is 14.6. The van der Waals surface area contributed by atoms with Gasteiger partial charge < -0.3 is 9.73 Å². The molecule has 41 heavy (non-hydrogen) atoms. The van der Waals surface area contributed by atoms with Crippen molar-refractivity contribution in [2.75, 3.05) is 5.32 Å². The average Bonchev–Trinajstić information content (AvgIpc) is 2.94. The molecule has 2 N–H and O–H groups in total. The third-order valence-corrected chi connectivity index (χ3v) is 8.17. The Morgan fingerprint density at radius 1 is 0.732 bits per heavy atom. The van der Waals surface area contributed by atoms with Gasteiger partial charge in [-0.25, -0.2) is 4.99 Å². The van der Waals surface area contributed by atoms with E-state index in [-0.39, 0.29) is 4.90 Å². The Morgan fingerprint density at radius 2 is 1.44 bits per heavy atom. The van der Waals surface area contributed by atoms with E-state index in [4.69, 9.17) is 9.41 Å². The van der Waals surface area contributed by atoms with Gasteiger partial charge in [-0.2, -0.15) is 8.42 Å². The largest absolute Gasteiger partial charge is 0.456 e. The minimum Gasteiger partial charge on any atom is -0.456 e. The lowest BCUT2D eigenvalue weighted by molar-refractivity contribution is 0.483. The molecule has 4 aromatic carbocycles. The number of para-hydroxylation sites is 2. The van der Waals surface area contributed by atoms with Crippen LogP contribution in [0.4, 0.5) is 17.1 Å². The van der Waals surface area contributed by atoms with Crippen molar-refractivity contribution in [2.24, 2.45) is 4.99 Å². The maximum Gasteiger partial charge on any atom is 0.295 e. The Bertz CT molecular complexity index is 2070. The van der Waals surface area contributed by atoms with Crippen LogP contribution < -0.4 is 10.7 Å². The summed E-state index contributed by atoms with van der Waals surface area (Å²) in [5.41, 5.74) is 8.27. The van der Waals surface area contributed by atoms with E-state index in [0.717, 1.165) is 33.8 Å². The van der Waals surface area contributed by atoms with Crippen LogP contribution in [0.5, 0.6) is 0 Å². The fourth-order valence-electron chi connectivity index (χ4n) is 5.20. The maximum atomic E-state index is 12.4. The van der Waals surface area contributed by atoms with E-state index >= 15 is 0 Å². The number of anilines is 2. The van der Waals surface area contributed by atoms with E-state index in [1.807, 2.05) is 73.7 Å². The number of nitrogens with zero attached hydrogens (tertiary/aromatic N) is 1. The van der Waals surface area contributed by atoms with Crippen LogP contribution in [0.3, 0.4) is 0 Å². The molecule has 0 amide bonds. The van der Waals surface area contributed by atoms with Gasteiger partial charge in [0.25, 0.3) is 10.1 Å². The summed E-state index contributed by atoms with van der Waals surface area (Å²) in [6.45, 7) is 6.11. The highest BCUT2D eigenvalue weighted by molar-refractivity contribution is 7.86. The highest BCUT2D eigenvalue weighted by Crippen LogP contribution is 2.43. The van der Waals surface area contributed by atoms with Crippen LogP contribution in [-0.2, 0) is 10.1 Å². The normalized spacial score (nSPS) is 12.2. The van der Waals surface area contributed by atoms with Gasteiger partial charge in [0.15, 0.2) is 0 Å². The predicted octanol–water partition coefficient (Wildman–Crippen LogP) is 8.35. The number of fused-ring (bicyclic) bond motifs is 2. The number of nitrogens with one attached hydrogen (secondary N) is 1. The Kier molecular flexibility index (Phi) is 6.69. The highest BCUT2D eigenvalue weighted by atomic mass is 32.2. The molecule has 0 unspecified atom stereocenters. The van der Waals surface area contributed by atoms with Gasteiger partial charge in [-0.3, -0.25) is 4.55 Å². The Morgan fingerprint density at radius 3 is 2.20 bits per heavy atom. The standard InChI is InChI=1S/C34H28N2O4S/c1-21-9-4-6-13-29(21)35-24-15-17-26-30(19-24)40-31-20-25(36-34-22(2)10-8-11-23(34)3)16-18-27(31)33(26)28-12-5-7-14-32(28)41(37,38)39/h4-20,36H,1-3H3,(H,37,38,39)/b35-24+. The molecule has 1 aliphatic carbocycles. The highest BCUT2D eigenvalue weighted by Gasteiger charge is 2.23. The number of hydrogen-bond acceptors (Lipinski definition) is 5. The zero-order valence-corrected chi connectivity index (χ0v) is 23.7. The predicted molar refractivity (Wildman–Crippen MR) is 164 cm³/mol. The number of benzene rings is 5. The molecule has 7 heteroatoms. The summed E-state index contributed by atoms with van der Waals surface area (Å²) < 4.78 is 41.4. The molecule has 0 saturated carbocycles. The first kappa shape index (κ1) is 26.5. The topological polar surface area (TPSA) is 91.9 Å². The molecular weight excluding hydrogens is 532 g/mol. The second kappa shape index (κ2) is 10.4. The van der Waals surface area contributed by atoms with E-state index in [1.54, 1.807) is 18.2 Å². The zero-order valence-electron chi connectivity index (χ0n) is 22.8. The molecular formula is C34H28N2O4S. The molecule has 6 rings (SSSR count). The summed E-state index contributed by atoms with van der Waals surface area (Å²) in [5.74, 6) is 0.539. The van der Waals surface area contributed by atoms with Crippen molar-refractivity contribution in [1.29, 1.82) is 0 Å². The van der Waals surface area contributed by atoms with Crippen LogP contribution in [-0.4, -0.2) is 13.0 Å². The van der Waals surface area contributed by atoms with Gasteiger partial charge in [0.1, 0.15) is 16.2 Å². The van der Waals surface area contributed by atoms with Gasteiger partial charge in [-0.15, -0.1) is 0 Å². The zero-order chi connectivity index (χ0) is 28.7. The summed E-state index contributed by atoms with van der Waals surface area (Å²) in [6.07, 6.45) is 0. The van der Waals surface area contributed by atoms with E-state index in [1.165, 1.54) is 6.07 Å². The smallest absolute Gasteiger partial charge is 0.295 e. The Labute approximate surface area is 238 Å². The number of aryl methyl sites for hydroxylation is 3. The fraction of sp³-hybridized carbons (Fsp3) is 0.0882. The molecule has 6 nitrogen and oxygen atoms in total. The summed E-state index contributed by atoms with van der Waals surface area (Å²) in [6, 6.07) is 31.8. The summed E-state index contributed by atoms with van der Waals surface area (Å²) >= 11 is 0. The van der Waals surface area contributed by atoms with E-state index in [2.05, 4.69) is 31.3 Å². The fourth-order valence-corrected chi connectivity index (χ4v) is 5.90. The van der Waals surface area contributed by atoms with Crippen LogP contribution >= 0.6 is 0 Å². The van der Waals surface area contributed by atoms with E-state index < -0.39 is 10.1 Å². The lowest BCUT2D eigenvalue weighted by Crippen LogP contribution is -2.05. The first-order valence-electron chi connectivity index (χ1n) is 13.2. The minimum atomic E-state index is -4.49. The first-order chi connectivity index (χ1) is 19.7. The second-order valence-corrected chi connectivity index (χ2v) is 11.5. The van der Waals surface area contributed by atoms with Crippen molar-refractivity contribution >= 4 is 38.1 Å². The molecule has 204 valence electrons. The minimum absolute atomic E-state index is 0.166. The van der Waals surface area contributed by atoms with Gasteiger partial charge in [-0.05, 0) is 73.9 Å². The SMILES string of the molecule is Cc1ccccc1/N=c1\ccc2c(-c3ccccc3S(=O)(=O)O)c3ccc(Nc4c(C)cccc4C)cc3oc-2c1. The van der Waals surface area contributed by atoms with Gasteiger partial charge >= 0.3 is 0 Å². The quantitative estimate of drug-likeness (QED) is 0.163. The third kappa shape index (κ3) is 5.13. The molecule has 2 aliphatic rings. The molecule has 0 spiro atoms. The average molecular weight is 561 g/mol. The van der Waals surface area contributed by atoms with Crippen molar-refractivity contribution < 1.29 is 17.4 Å². The van der Waals surface area contributed by atoms with Crippen LogP contribution in [0.15, 0.2) is 117 Å². The van der Waals surface area contributed by atoms with Gasteiger partial charge in [0.05, 0.1) is 11.0 Å². The molecule has 0 aromatic heterocycles. The lowest BCUT2D eigenvalue weighted by Gasteiger charge is -2.18. The van der Waals surface area contributed by atoms with Crippen molar-refractivity contribution in [3.05, 3.63) is 125 Å². The van der Waals surface area contributed by atoms with Gasteiger partial charge in [0, 0.05) is 45.6 Å². The monoisotopic (exact) mass is 560 g/mol. The molecule has 1 aliphatic heterocycles. The number of hydrogen-bond donors (Lipinski definition) is 2. The molecule has 0 radical (unpaired) electrons. The molecule has 0 fully saturated rings. The summed E-state index contributed by atoms with van der Waals surface area (Å²) in [5, 5.41) is 4.93. The van der Waals surface area contributed by atoms with E-state index in [9.17, 15) is 13.0 Å². The summed E-state index contributed by atoms with van der Waals surface area (Å²) in [7, 11) is -4.49. The van der Waals surface area contributed by atoms with Crippen molar-refractivity contribution in [3.63, 3.8) is 0 Å². The van der Waals surface area contributed by atoms with Crippen molar-refractivity contribution in [3.8, 4) is 22.5 Å². The number of rotatable bonds is 5. The lowest BCUT2D eigenvalue weighted by atomic mass is 9.93. The third-order valence-electron chi connectivity index (χ3n) is 7.26. The second-order valence-electron chi connectivity index (χ2n) is 10.1. The van der Waals surface area contributed by atoms with Gasteiger partial charge in [-0.1, -0.05) is 54.6 Å². The molecule has 0 saturated heterocycles. The Hall–Kier alpha value is -4.72. The Balaban J connectivity index is 1.63. The van der Waals surface area contributed by atoms with Crippen molar-refractivity contribution in [2.45, 2.75) is 25.7 Å². The summed E-state index contributed by atoms with van der Waals surface area (Å²) in [4.78, 5) is 4.65. The van der Waals surface area contributed by atoms with Crippen LogP contribution in [0.25, 0.3) is 33.4 Å².